The minimum Gasteiger partial charge on any atom is -0.351 e. The fourth-order valence-electron chi connectivity index (χ4n) is 2.28. The van der Waals surface area contributed by atoms with E-state index in [1.807, 2.05) is 56.3 Å². The van der Waals surface area contributed by atoms with E-state index in [-0.39, 0.29) is 11.8 Å². The molecule has 1 aromatic carbocycles. The van der Waals surface area contributed by atoms with Crippen molar-refractivity contribution in [1.82, 2.24) is 10.3 Å². The van der Waals surface area contributed by atoms with E-state index in [1.54, 1.807) is 6.20 Å². The van der Waals surface area contributed by atoms with Crippen molar-refractivity contribution < 1.29 is 4.79 Å². The van der Waals surface area contributed by atoms with Crippen molar-refractivity contribution in [2.45, 2.75) is 32.7 Å². The van der Waals surface area contributed by atoms with E-state index in [0.29, 0.717) is 6.54 Å². The molecule has 3 heteroatoms. The van der Waals surface area contributed by atoms with Crippen molar-refractivity contribution in [3.63, 3.8) is 0 Å². The molecule has 0 radical (unpaired) electrons. The van der Waals surface area contributed by atoms with Gasteiger partial charge in [-0.2, -0.15) is 0 Å². The molecule has 0 fully saturated rings. The molecule has 0 aliphatic heterocycles. The van der Waals surface area contributed by atoms with Crippen LogP contribution >= 0.6 is 0 Å². The molecule has 3 nitrogen and oxygen atoms in total. The first-order valence-corrected chi connectivity index (χ1v) is 6.95. The molecule has 0 aliphatic carbocycles. The number of carbonyl (C=O) groups excluding carboxylic acids is 1. The van der Waals surface area contributed by atoms with E-state index in [1.165, 1.54) is 0 Å². The Labute approximate surface area is 120 Å². The predicted molar refractivity (Wildman–Crippen MR) is 80.3 cm³/mol. The SMILES string of the molecule is CCC(C(=O)NCc1ccnc(C)c1)c1ccccc1. The molecule has 20 heavy (non-hydrogen) atoms. The van der Waals surface area contributed by atoms with Crippen LogP contribution in [-0.2, 0) is 11.3 Å². The molecule has 0 saturated heterocycles. The van der Waals surface area contributed by atoms with Gasteiger partial charge in [0.2, 0.25) is 5.91 Å². The second kappa shape index (κ2) is 6.85. The highest BCUT2D eigenvalue weighted by molar-refractivity contribution is 5.83. The van der Waals surface area contributed by atoms with E-state index < -0.39 is 0 Å². The molecule has 1 atom stereocenters. The van der Waals surface area contributed by atoms with Crippen LogP contribution in [0.4, 0.5) is 0 Å². The number of aromatic nitrogens is 1. The summed E-state index contributed by atoms with van der Waals surface area (Å²) in [5.74, 6) is -0.00713. The van der Waals surface area contributed by atoms with Crippen LogP contribution in [0, 0.1) is 6.92 Å². The van der Waals surface area contributed by atoms with E-state index >= 15 is 0 Å². The Bertz CT molecular complexity index is 566. The zero-order chi connectivity index (χ0) is 14.4. The molecular formula is C17H20N2O. The van der Waals surface area contributed by atoms with Crippen LogP contribution in [0.25, 0.3) is 0 Å². The van der Waals surface area contributed by atoms with E-state index in [4.69, 9.17) is 0 Å². The summed E-state index contributed by atoms with van der Waals surface area (Å²) < 4.78 is 0. The summed E-state index contributed by atoms with van der Waals surface area (Å²) >= 11 is 0. The van der Waals surface area contributed by atoms with Crippen molar-refractivity contribution in [3.8, 4) is 0 Å². The van der Waals surface area contributed by atoms with Crippen LogP contribution in [0.3, 0.4) is 0 Å². The first-order valence-electron chi connectivity index (χ1n) is 6.95. The van der Waals surface area contributed by atoms with Gasteiger partial charge in [-0.05, 0) is 36.6 Å². The number of nitrogens with one attached hydrogen (secondary N) is 1. The van der Waals surface area contributed by atoms with Gasteiger partial charge < -0.3 is 5.32 Å². The number of benzene rings is 1. The number of carbonyl (C=O) groups is 1. The lowest BCUT2D eigenvalue weighted by Gasteiger charge is -2.15. The highest BCUT2D eigenvalue weighted by Gasteiger charge is 2.17. The number of aryl methyl sites for hydroxylation is 1. The van der Waals surface area contributed by atoms with Crippen molar-refractivity contribution in [3.05, 3.63) is 65.5 Å². The number of nitrogens with zero attached hydrogens (tertiary/aromatic N) is 1. The molecule has 1 N–H and O–H groups in total. The lowest BCUT2D eigenvalue weighted by atomic mass is 9.95. The Morgan fingerprint density at radius 2 is 2.00 bits per heavy atom. The van der Waals surface area contributed by atoms with Crippen molar-refractivity contribution in [2.75, 3.05) is 0 Å². The van der Waals surface area contributed by atoms with Gasteiger partial charge in [0.05, 0.1) is 5.92 Å². The van der Waals surface area contributed by atoms with E-state index in [0.717, 1.165) is 23.2 Å². The molecule has 0 bridgehead atoms. The second-order valence-electron chi connectivity index (χ2n) is 4.89. The van der Waals surface area contributed by atoms with Gasteiger partial charge in [-0.25, -0.2) is 0 Å². The van der Waals surface area contributed by atoms with Crippen LogP contribution in [0.2, 0.25) is 0 Å². The Hall–Kier alpha value is -2.16. The third kappa shape index (κ3) is 3.67. The van der Waals surface area contributed by atoms with Gasteiger partial charge in [0.25, 0.3) is 0 Å². The molecule has 0 aliphatic rings. The Morgan fingerprint density at radius 3 is 2.65 bits per heavy atom. The Balaban J connectivity index is 2.00. The quantitative estimate of drug-likeness (QED) is 0.904. The maximum absolute atomic E-state index is 12.3. The van der Waals surface area contributed by atoms with Crippen molar-refractivity contribution in [1.29, 1.82) is 0 Å². The van der Waals surface area contributed by atoms with Gasteiger partial charge in [0.15, 0.2) is 0 Å². The summed E-state index contributed by atoms with van der Waals surface area (Å²) in [6, 6.07) is 13.8. The van der Waals surface area contributed by atoms with Gasteiger partial charge >= 0.3 is 0 Å². The molecule has 1 aromatic heterocycles. The maximum Gasteiger partial charge on any atom is 0.227 e. The number of pyridine rings is 1. The lowest BCUT2D eigenvalue weighted by molar-refractivity contribution is -0.122. The summed E-state index contributed by atoms with van der Waals surface area (Å²) in [7, 11) is 0. The highest BCUT2D eigenvalue weighted by Crippen LogP contribution is 2.19. The molecule has 1 heterocycles. The summed E-state index contributed by atoms with van der Waals surface area (Å²) in [4.78, 5) is 16.5. The minimum absolute atomic E-state index is 0.0770. The number of hydrogen-bond acceptors (Lipinski definition) is 2. The second-order valence-corrected chi connectivity index (χ2v) is 4.89. The first kappa shape index (κ1) is 14.3. The third-order valence-electron chi connectivity index (χ3n) is 3.35. The van der Waals surface area contributed by atoms with Crippen LogP contribution < -0.4 is 5.32 Å². The molecule has 0 spiro atoms. The topological polar surface area (TPSA) is 42.0 Å². The Kier molecular flexibility index (Phi) is 4.88. The monoisotopic (exact) mass is 268 g/mol. The third-order valence-corrected chi connectivity index (χ3v) is 3.35. The largest absolute Gasteiger partial charge is 0.351 e. The first-order chi connectivity index (χ1) is 9.70. The number of hydrogen-bond donors (Lipinski definition) is 1. The Morgan fingerprint density at radius 1 is 1.25 bits per heavy atom. The van der Waals surface area contributed by atoms with E-state index in [2.05, 4.69) is 10.3 Å². The summed E-state index contributed by atoms with van der Waals surface area (Å²) in [6.45, 7) is 4.53. The highest BCUT2D eigenvalue weighted by atomic mass is 16.1. The predicted octanol–water partition coefficient (Wildman–Crippen LogP) is 3.20. The molecule has 104 valence electrons. The van der Waals surface area contributed by atoms with Crippen LogP contribution in [0.15, 0.2) is 48.7 Å². The van der Waals surface area contributed by atoms with Crippen molar-refractivity contribution >= 4 is 5.91 Å². The normalized spacial score (nSPS) is 11.9. The lowest BCUT2D eigenvalue weighted by Crippen LogP contribution is -2.28. The standard InChI is InChI=1S/C17H20N2O/c1-3-16(15-7-5-4-6-8-15)17(20)19-12-14-9-10-18-13(2)11-14/h4-11,16H,3,12H2,1-2H3,(H,19,20). The zero-order valence-electron chi connectivity index (χ0n) is 12.0. The minimum atomic E-state index is -0.0841. The zero-order valence-corrected chi connectivity index (χ0v) is 12.0. The molecule has 2 aromatic rings. The average Bonchev–Trinajstić information content (AvgIpc) is 2.47. The van der Waals surface area contributed by atoms with Crippen LogP contribution in [-0.4, -0.2) is 10.9 Å². The van der Waals surface area contributed by atoms with Gasteiger partial charge in [0, 0.05) is 18.4 Å². The van der Waals surface area contributed by atoms with Gasteiger partial charge in [-0.1, -0.05) is 37.3 Å². The summed E-state index contributed by atoms with van der Waals surface area (Å²) in [5.41, 5.74) is 3.11. The molecule has 1 amide bonds. The van der Waals surface area contributed by atoms with Gasteiger partial charge in [-0.15, -0.1) is 0 Å². The smallest absolute Gasteiger partial charge is 0.227 e. The maximum atomic E-state index is 12.3. The fraction of sp³-hybridized carbons (Fsp3) is 0.294. The van der Waals surface area contributed by atoms with Gasteiger partial charge in [0.1, 0.15) is 0 Å². The summed E-state index contributed by atoms with van der Waals surface area (Å²) in [5, 5.41) is 3.01. The number of amides is 1. The fourth-order valence-corrected chi connectivity index (χ4v) is 2.28. The molecule has 2 rings (SSSR count). The summed E-state index contributed by atoms with van der Waals surface area (Å²) in [6.07, 6.45) is 2.57. The van der Waals surface area contributed by atoms with Crippen LogP contribution in [0.1, 0.15) is 36.1 Å². The van der Waals surface area contributed by atoms with Crippen LogP contribution in [0.5, 0.6) is 0 Å². The molecule has 0 saturated carbocycles. The molecule has 1 unspecified atom stereocenters. The van der Waals surface area contributed by atoms with E-state index in [9.17, 15) is 4.79 Å². The van der Waals surface area contributed by atoms with Gasteiger partial charge in [-0.3, -0.25) is 9.78 Å². The molecular weight excluding hydrogens is 248 g/mol. The average molecular weight is 268 g/mol. The van der Waals surface area contributed by atoms with Crippen molar-refractivity contribution in [2.24, 2.45) is 0 Å². The number of rotatable bonds is 5.